The molecule has 1 aliphatic rings. The van der Waals surface area contributed by atoms with E-state index in [4.69, 9.17) is 14.5 Å². The van der Waals surface area contributed by atoms with Crippen LogP contribution in [0.1, 0.15) is 43.2 Å². The molecular formula is C22H31IN4O2. The van der Waals surface area contributed by atoms with Crippen molar-refractivity contribution >= 4 is 29.9 Å². The fourth-order valence-corrected chi connectivity index (χ4v) is 3.27. The lowest BCUT2D eigenvalue weighted by Gasteiger charge is -2.14. The van der Waals surface area contributed by atoms with Crippen molar-refractivity contribution < 1.29 is 9.47 Å². The highest BCUT2D eigenvalue weighted by atomic mass is 127. The van der Waals surface area contributed by atoms with Crippen molar-refractivity contribution in [3.63, 3.8) is 0 Å². The molecule has 0 spiro atoms. The summed E-state index contributed by atoms with van der Waals surface area (Å²) in [6.07, 6.45) is 2.95. The van der Waals surface area contributed by atoms with E-state index in [0.29, 0.717) is 19.7 Å². The molecule has 7 heteroatoms. The van der Waals surface area contributed by atoms with E-state index in [1.165, 1.54) is 5.56 Å². The number of fused-ring (bicyclic) bond motifs is 1. The molecule has 6 nitrogen and oxygen atoms in total. The summed E-state index contributed by atoms with van der Waals surface area (Å²) in [7, 11) is 0. The summed E-state index contributed by atoms with van der Waals surface area (Å²) in [5, 5.41) is 6.66. The normalized spacial score (nSPS) is 15.2. The number of hydrogen-bond donors (Lipinski definition) is 2. The first-order valence-corrected chi connectivity index (χ1v) is 9.98. The minimum absolute atomic E-state index is 0. The number of halogens is 1. The third-order valence-corrected chi connectivity index (χ3v) is 4.67. The van der Waals surface area contributed by atoms with E-state index in [-0.39, 0.29) is 30.1 Å². The summed E-state index contributed by atoms with van der Waals surface area (Å²) in [6.45, 7) is 10.8. The number of nitrogens with one attached hydrogen (secondary N) is 2. The van der Waals surface area contributed by atoms with Gasteiger partial charge < -0.3 is 20.1 Å². The smallest absolute Gasteiger partial charge is 0.191 e. The molecule has 0 fully saturated rings. The average molecular weight is 510 g/mol. The number of nitrogens with zero attached hydrogens (tertiary/aromatic N) is 2. The van der Waals surface area contributed by atoms with Crippen LogP contribution in [0.2, 0.25) is 0 Å². The molecule has 1 aromatic heterocycles. The molecule has 1 aromatic carbocycles. The Morgan fingerprint density at radius 1 is 1.31 bits per heavy atom. The monoisotopic (exact) mass is 510 g/mol. The summed E-state index contributed by atoms with van der Waals surface area (Å²) >= 11 is 0. The van der Waals surface area contributed by atoms with Crippen LogP contribution < -0.4 is 20.1 Å². The minimum atomic E-state index is 0. The van der Waals surface area contributed by atoms with Gasteiger partial charge in [-0.1, -0.05) is 6.07 Å². The fourth-order valence-electron chi connectivity index (χ4n) is 3.27. The Hall–Kier alpha value is -2.03. The zero-order chi connectivity index (χ0) is 19.9. The molecule has 1 unspecified atom stereocenters. The second-order valence-corrected chi connectivity index (χ2v) is 6.95. The number of hydrogen-bond acceptors (Lipinski definition) is 4. The van der Waals surface area contributed by atoms with Gasteiger partial charge in [0.2, 0.25) is 0 Å². The molecule has 0 radical (unpaired) electrons. The van der Waals surface area contributed by atoms with E-state index in [1.54, 1.807) is 0 Å². The van der Waals surface area contributed by atoms with Crippen LogP contribution in [-0.2, 0) is 19.5 Å². The lowest BCUT2D eigenvalue weighted by Crippen LogP contribution is -2.37. The summed E-state index contributed by atoms with van der Waals surface area (Å²) < 4.78 is 11.8. The highest BCUT2D eigenvalue weighted by Crippen LogP contribution is 2.35. The fraction of sp³-hybridized carbons (Fsp3) is 0.455. The molecule has 29 heavy (non-hydrogen) atoms. The number of rotatable bonds is 7. The average Bonchev–Trinajstić information content (AvgIpc) is 3.04. The first-order chi connectivity index (χ1) is 13.6. The van der Waals surface area contributed by atoms with Crippen molar-refractivity contribution in [1.29, 1.82) is 0 Å². The van der Waals surface area contributed by atoms with Crippen molar-refractivity contribution in [3.8, 4) is 11.5 Å². The van der Waals surface area contributed by atoms with Crippen molar-refractivity contribution in [3.05, 3.63) is 52.8 Å². The van der Waals surface area contributed by atoms with Gasteiger partial charge in [0.1, 0.15) is 17.6 Å². The summed E-state index contributed by atoms with van der Waals surface area (Å²) in [6, 6.07) is 8.18. The molecule has 3 rings (SSSR count). The van der Waals surface area contributed by atoms with Gasteiger partial charge in [-0.2, -0.15) is 0 Å². The lowest BCUT2D eigenvalue weighted by molar-refractivity contribution is 0.254. The van der Waals surface area contributed by atoms with Gasteiger partial charge in [-0.3, -0.25) is 4.98 Å². The third kappa shape index (κ3) is 6.22. The quantitative estimate of drug-likeness (QED) is 0.335. The Bertz CT molecular complexity index is 842. The predicted molar refractivity (Wildman–Crippen MR) is 127 cm³/mol. The summed E-state index contributed by atoms with van der Waals surface area (Å²) in [5.41, 5.74) is 4.41. The molecule has 0 amide bonds. The number of aliphatic imine (C=N–C) groups is 1. The van der Waals surface area contributed by atoms with E-state index >= 15 is 0 Å². The zero-order valence-electron chi connectivity index (χ0n) is 17.6. The maximum atomic E-state index is 5.91. The van der Waals surface area contributed by atoms with Crippen LogP contribution in [0, 0.1) is 6.92 Å². The van der Waals surface area contributed by atoms with Crippen LogP contribution in [0.15, 0.2) is 35.5 Å². The van der Waals surface area contributed by atoms with Gasteiger partial charge in [0.25, 0.3) is 0 Å². The van der Waals surface area contributed by atoms with E-state index in [2.05, 4.69) is 54.6 Å². The molecular weight excluding hydrogens is 479 g/mol. The summed E-state index contributed by atoms with van der Waals surface area (Å²) in [5.74, 6) is 2.59. The molecule has 0 saturated heterocycles. The number of aryl methyl sites for hydroxylation is 1. The van der Waals surface area contributed by atoms with Crippen molar-refractivity contribution in [2.24, 2.45) is 4.99 Å². The van der Waals surface area contributed by atoms with E-state index in [1.807, 2.05) is 19.2 Å². The number of guanidine groups is 1. The molecule has 2 N–H and O–H groups in total. The Morgan fingerprint density at radius 3 is 2.86 bits per heavy atom. The Balaban J connectivity index is 0.00000300. The molecule has 1 atom stereocenters. The highest BCUT2D eigenvalue weighted by molar-refractivity contribution is 14.0. The first-order valence-electron chi connectivity index (χ1n) is 9.98. The standard InChI is InChI=1S/C22H30N4O2.HI/c1-5-23-22(26-14-19-15(3)8-7-9-24-19)25-13-18-12-21-17(10-16(4)28-21)11-20(18)27-6-2;/h7-9,11-12,16H,5-6,10,13-14H2,1-4H3,(H2,23,25,26);1H. The largest absolute Gasteiger partial charge is 0.494 e. The Morgan fingerprint density at radius 2 is 2.14 bits per heavy atom. The maximum absolute atomic E-state index is 5.91. The molecule has 1 aliphatic heterocycles. The SMILES string of the molecule is CCNC(=NCc1cc2c(cc1OCC)CC(C)O2)NCc1ncccc1C.I. The van der Waals surface area contributed by atoms with Gasteiger partial charge in [0.15, 0.2) is 5.96 Å². The van der Waals surface area contributed by atoms with Gasteiger partial charge >= 0.3 is 0 Å². The van der Waals surface area contributed by atoms with Crippen molar-refractivity contribution in [2.75, 3.05) is 13.2 Å². The minimum Gasteiger partial charge on any atom is -0.494 e. The zero-order valence-corrected chi connectivity index (χ0v) is 19.9. The van der Waals surface area contributed by atoms with Crippen molar-refractivity contribution in [2.45, 2.75) is 53.3 Å². The van der Waals surface area contributed by atoms with E-state index in [9.17, 15) is 0 Å². The second-order valence-electron chi connectivity index (χ2n) is 6.95. The number of pyridine rings is 1. The highest BCUT2D eigenvalue weighted by Gasteiger charge is 2.21. The molecule has 0 saturated carbocycles. The van der Waals surface area contributed by atoms with Crippen LogP contribution in [0.3, 0.4) is 0 Å². The number of aromatic nitrogens is 1. The molecule has 0 aliphatic carbocycles. The lowest BCUT2D eigenvalue weighted by atomic mass is 10.1. The first kappa shape index (κ1) is 23.3. The number of benzene rings is 1. The third-order valence-electron chi connectivity index (χ3n) is 4.67. The topological polar surface area (TPSA) is 67.8 Å². The van der Waals surface area contributed by atoms with E-state index < -0.39 is 0 Å². The van der Waals surface area contributed by atoms with Gasteiger partial charge in [-0.25, -0.2) is 4.99 Å². The maximum Gasteiger partial charge on any atom is 0.191 e. The molecule has 2 aromatic rings. The van der Waals surface area contributed by atoms with Crippen LogP contribution >= 0.6 is 24.0 Å². The Labute approximate surface area is 190 Å². The van der Waals surface area contributed by atoms with Crippen LogP contribution in [0.25, 0.3) is 0 Å². The molecule has 158 valence electrons. The van der Waals surface area contributed by atoms with Crippen LogP contribution in [0.4, 0.5) is 0 Å². The van der Waals surface area contributed by atoms with E-state index in [0.717, 1.165) is 47.2 Å². The van der Waals surface area contributed by atoms with Crippen LogP contribution in [0.5, 0.6) is 11.5 Å². The van der Waals surface area contributed by atoms with Gasteiger partial charge in [-0.05, 0) is 51.5 Å². The van der Waals surface area contributed by atoms with Gasteiger partial charge in [-0.15, -0.1) is 24.0 Å². The predicted octanol–water partition coefficient (Wildman–Crippen LogP) is 3.99. The summed E-state index contributed by atoms with van der Waals surface area (Å²) in [4.78, 5) is 9.18. The Kier molecular flexibility index (Phi) is 9.00. The van der Waals surface area contributed by atoms with Gasteiger partial charge in [0, 0.05) is 30.3 Å². The molecule has 0 bridgehead atoms. The van der Waals surface area contributed by atoms with Gasteiger partial charge in [0.05, 0.1) is 25.4 Å². The van der Waals surface area contributed by atoms with Crippen LogP contribution in [-0.4, -0.2) is 30.2 Å². The second kappa shape index (κ2) is 11.2. The number of ether oxygens (including phenoxy) is 2. The molecule has 2 heterocycles. The van der Waals surface area contributed by atoms with Crippen molar-refractivity contribution in [1.82, 2.24) is 15.6 Å².